The van der Waals surface area contributed by atoms with Gasteiger partial charge in [-0.1, -0.05) is 20.8 Å². The average molecular weight is 416 g/mol. The van der Waals surface area contributed by atoms with Gasteiger partial charge in [-0.05, 0) is 57.7 Å². The lowest BCUT2D eigenvalue weighted by Gasteiger charge is -2.48. The first-order valence-corrected chi connectivity index (χ1v) is 11.5. The summed E-state index contributed by atoms with van der Waals surface area (Å²) >= 11 is 0. The summed E-state index contributed by atoms with van der Waals surface area (Å²) in [5.74, 6) is -0.629. The number of hydrogen-bond donors (Lipinski definition) is 1. The Morgan fingerprint density at radius 2 is 1.57 bits per heavy atom. The fourth-order valence-electron chi connectivity index (χ4n) is 3.03. The number of hydrogen-bond acceptors (Lipinski definition) is 7. The van der Waals surface area contributed by atoms with Crippen molar-refractivity contribution in [2.45, 2.75) is 72.8 Å². The predicted molar refractivity (Wildman–Crippen MR) is 113 cm³/mol. The Kier molecular flexibility index (Phi) is 9.26. The van der Waals surface area contributed by atoms with E-state index in [1.165, 1.54) is 0 Å². The molecule has 0 bridgehead atoms. The van der Waals surface area contributed by atoms with Crippen LogP contribution in [-0.4, -0.2) is 41.1 Å². The van der Waals surface area contributed by atoms with Crippen LogP contribution in [0.1, 0.15) is 67.1 Å². The van der Waals surface area contributed by atoms with Gasteiger partial charge in [-0.25, -0.2) is 0 Å². The van der Waals surface area contributed by atoms with Gasteiger partial charge >= 0.3 is 7.60 Å². The molecule has 0 saturated carbocycles. The van der Waals surface area contributed by atoms with E-state index < -0.39 is 30.4 Å². The fourth-order valence-corrected chi connectivity index (χ4v) is 5.71. The van der Waals surface area contributed by atoms with Gasteiger partial charge < -0.3 is 14.8 Å². The smallest absolute Gasteiger partial charge is 0.328 e. The van der Waals surface area contributed by atoms with Crippen LogP contribution in [0.4, 0.5) is 0 Å². The van der Waals surface area contributed by atoms with Gasteiger partial charge in [-0.15, -0.1) is 0 Å². The summed E-state index contributed by atoms with van der Waals surface area (Å²) in [5.41, 5.74) is 6.00. The van der Waals surface area contributed by atoms with E-state index in [4.69, 9.17) is 19.6 Å². The quantitative estimate of drug-likeness (QED) is 0.436. The van der Waals surface area contributed by atoms with E-state index in [-0.39, 0.29) is 19.8 Å². The maximum atomic E-state index is 13.8. The second kappa shape index (κ2) is 10.3. The summed E-state index contributed by atoms with van der Waals surface area (Å²) in [6, 6.07) is 3.74. The highest BCUT2D eigenvalue weighted by atomic mass is 31.2. The van der Waals surface area contributed by atoms with E-state index >= 15 is 0 Å². The molecule has 0 saturated heterocycles. The van der Waals surface area contributed by atoms with E-state index in [2.05, 4.69) is 4.98 Å². The monoisotopic (exact) mass is 415 g/mol. The van der Waals surface area contributed by atoms with Crippen LogP contribution in [0.2, 0.25) is 0 Å². The van der Waals surface area contributed by atoms with Crippen molar-refractivity contribution >= 4 is 7.60 Å². The van der Waals surface area contributed by atoms with Gasteiger partial charge in [0, 0.05) is 24.5 Å². The van der Waals surface area contributed by atoms with Crippen molar-refractivity contribution in [1.82, 2.24) is 10.0 Å². The van der Waals surface area contributed by atoms with E-state index in [0.29, 0.717) is 0 Å². The van der Waals surface area contributed by atoms with Gasteiger partial charge in [0.15, 0.2) is 0 Å². The molecule has 7 nitrogen and oxygen atoms in total. The van der Waals surface area contributed by atoms with Crippen LogP contribution in [-0.2, 0) is 18.5 Å². The van der Waals surface area contributed by atoms with Gasteiger partial charge in [0.1, 0.15) is 11.9 Å². The summed E-state index contributed by atoms with van der Waals surface area (Å²) in [6.07, 6.45) is 2.99. The Balaban J connectivity index is 3.45. The zero-order chi connectivity index (χ0) is 21.6. The second-order valence-corrected chi connectivity index (χ2v) is 10.8. The molecule has 1 heterocycles. The van der Waals surface area contributed by atoms with Gasteiger partial charge in [0.05, 0.1) is 13.2 Å². The molecule has 8 heteroatoms. The normalized spacial score (nSPS) is 15.6. The molecule has 0 fully saturated rings. The first-order chi connectivity index (χ1) is 12.9. The van der Waals surface area contributed by atoms with E-state index in [1.54, 1.807) is 17.5 Å². The third-order valence-electron chi connectivity index (χ3n) is 4.11. The topological polar surface area (TPSA) is 86.9 Å². The Labute approximate surface area is 170 Å². The highest BCUT2D eigenvalue weighted by Crippen LogP contribution is 2.61. The Morgan fingerprint density at radius 3 is 1.93 bits per heavy atom. The highest BCUT2D eigenvalue weighted by molar-refractivity contribution is 7.54. The van der Waals surface area contributed by atoms with Gasteiger partial charge in [0.2, 0.25) is 0 Å². The first-order valence-electron chi connectivity index (χ1n) is 9.85. The minimum atomic E-state index is -3.51. The zero-order valence-corrected chi connectivity index (χ0v) is 19.5. The molecule has 2 N–H and O–H groups in total. The molecule has 0 aliphatic heterocycles. The zero-order valence-electron chi connectivity index (χ0n) is 18.6. The molecule has 1 rings (SSSR count). The molecule has 0 radical (unpaired) electrons. The van der Waals surface area contributed by atoms with Crippen molar-refractivity contribution in [1.29, 1.82) is 0 Å². The van der Waals surface area contributed by atoms with E-state index in [9.17, 15) is 4.57 Å². The van der Waals surface area contributed by atoms with Crippen molar-refractivity contribution in [3.8, 4) is 0 Å². The van der Waals surface area contributed by atoms with Crippen LogP contribution in [0.25, 0.3) is 0 Å². The van der Waals surface area contributed by atoms with Crippen LogP contribution in [0.3, 0.4) is 0 Å². The molecule has 162 valence electrons. The minimum absolute atomic E-state index is 0.265. The molecule has 0 spiro atoms. The lowest BCUT2D eigenvalue weighted by atomic mass is 9.94. The number of pyridine rings is 1. The average Bonchev–Trinajstić information content (AvgIpc) is 2.57. The van der Waals surface area contributed by atoms with Crippen LogP contribution >= 0.6 is 7.60 Å². The number of nitrogens with two attached hydrogens (primary N) is 1. The summed E-state index contributed by atoms with van der Waals surface area (Å²) in [7, 11) is -3.51. The van der Waals surface area contributed by atoms with Crippen molar-refractivity contribution in [3.05, 3.63) is 30.1 Å². The summed E-state index contributed by atoms with van der Waals surface area (Å²) in [4.78, 5) is 10.5. The second-order valence-electron chi connectivity index (χ2n) is 8.72. The van der Waals surface area contributed by atoms with Gasteiger partial charge in [-0.2, -0.15) is 5.06 Å². The van der Waals surface area contributed by atoms with Gasteiger partial charge in [-0.3, -0.25) is 14.4 Å². The predicted octanol–water partition coefficient (Wildman–Crippen LogP) is 4.75. The molecular formula is C20H38N3O4P. The van der Waals surface area contributed by atoms with Crippen molar-refractivity contribution < 1.29 is 18.5 Å². The van der Waals surface area contributed by atoms with Crippen LogP contribution in [0.5, 0.6) is 0 Å². The molecule has 28 heavy (non-hydrogen) atoms. The summed E-state index contributed by atoms with van der Waals surface area (Å²) in [6.45, 7) is 16.5. The number of hydroxylamine groups is 2. The lowest BCUT2D eigenvalue weighted by molar-refractivity contribution is -0.266. The van der Waals surface area contributed by atoms with Crippen LogP contribution in [0.15, 0.2) is 24.5 Å². The highest BCUT2D eigenvalue weighted by Gasteiger charge is 2.51. The third-order valence-corrected chi connectivity index (χ3v) is 6.93. The van der Waals surface area contributed by atoms with Crippen molar-refractivity contribution in [2.24, 2.45) is 11.1 Å². The van der Waals surface area contributed by atoms with Crippen molar-refractivity contribution in [3.63, 3.8) is 0 Å². The van der Waals surface area contributed by atoms with Crippen molar-refractivity contribution in [2.75, 3.05) is 19.8 Å². The molecular weight excluding hydrogens is 377 g/mol. The maximum absolute atomic E-state index is 13.8. The molecule has 0 amide bonds. The molecule has 0 aliphatic carbocycles. The molecule has 1 aromatic rings. The lowest BCUT2D eigenvalue weighted by Crippen LogP contribution is -2.54. The Hall–Kier alpha value is -0.820. The molecule has 0 aromatic carbocycles. The van der Waals surface area contributed by atoms with E-state index in [0.717, 1.165) is 5.56 Å². The molecule has 0 aliphatic rings. The Bertz CT molecular complexity index is 619. The third kappa shape index (κ3) is 6.61. The molecule has 1 aromatic heterocycles. The van der Waals surface area contributed by atoms with Gasteiger partial charge in [0.25, 0.3) is 0 Å². The molecule has 2 atom stereocenters. The maximum Gasteiger partial charge on any atom is 0.350 e. The summed E-state index contributed by atoms with van der Waals surface area (Å²) in [5, 5.41) is 1.76. The number of aromatic nitrogens is 1. The first kappa shape index (κ1) is 25.2. The Morgan fingerprint density at radius 1 is 1.07 bits per heavy atom. The standard InChI is InChI=1S/C20H38N3O4P/c1-9-25-28(24,26-10-2)18(19(3,4)5)23(20(6,7)8)27-17(15-21)16-11-13-22-14-12-16/h11-14,17-18H,9-10,15,21H2,1-8H3/t17-,18+/m0/s1. The summed E-state index contributed by atoms with van der Waals surface area (Å²) < 4.78 is 25.3. The van der Waals surface area contributed by atoms with E-state index in [1.807, 2.05) is 67.5 Å². The SMILES string of the molecule is CCOP(=O)(OCC)[C@@H](N(O[C@@H](CN)c1ccncc1)C(C)(C)C)C(C)(C)C. The number of rotatable bonds is 10. The number of nitrogens with zero attached hydrogens (tertiary/aromatic N) is 2. The van der Waals surface area contributed by atoms with Crippen LogP contribution < -0.4 is 5.73 Å². The largest absolute Gasteiger partial charge is 0.350 e. The van der Waals surface area contributed by atoms with Crippen LogP contribution in [0, 0.1) is 5.41 Å². The molecule has 0 unspecified atom stereocenters. The fraction of sp³-hybridized carbons (Fsp3) is 0.750. The minimum Gasteiger partial charge on any atom is -0.328 e.